The lowest BCUT2D eigenvalue weighted by Crippen LogP contribution is -2.31. The maximum absolute atomic E-state index is 14.0. The van der Waals surface area contributed by atoms with E-state index in [0.29, 0.717) is 12.5 Å². The average Bonchev–Trinajstić information content (AvgIpc) is 3.59. The Morgan fingerprint density at radius 3 is 2.29 bits per heavy atom. The van der Waals surface area contributed by atoms with E-state index in [9.17, 15) is 8.42 Å². The van der Waals surface area contributed by atoms with Gasteiger partial charge in [-0.2, -0.15) is 4.31 Å². The molecule has 0 spiro atoms. The number of benzene rings is 4. The van der Waals surface area contributed by atoms with E-state index < -0.39 is 16.1 Å². The molecule has 6 heteroatoms. The van der Waals surface area contributed by atoms with Crippen molar-refractivity contribution in [3.8, 4) is 11.1 Å². The second-order valence-electron chi connectivity index (χ2n) is 11.6. The Hall–Kier alpha value is -3.71. The number of sulfonamides is 1. The Labute approximate surface area is 242 Å². The van der Waals surface area contributed by atoms with E-state index in [4.69, 9.17) is 0 Å². The highest BCUT2D eigenvalue weighted by Crippen LogP contribution is 2.45. The minimum absolute atomic E-state index is 0.0219. The SMILES string of the molecule is CN1CCC(c2ccc(-c3ccc4c(c3)[C@H](c3c[nH]c5ccccc35)N(S(=O)(=O)Cc3ccccc3)C4)cc2)CC1. The molecule has 1 N–H and O–H groups in total. The smallest absolute Gasteiger partial charge is 0.219 e. The summed E-state index contributed by atoms with van der Waals surface area (Å²) in [4.78, 5) is 5.79. The third kappa shape index (κ3) is 5.01. The molecule has 5 nitrogen and oxygen atoms in total. The summed E-state index contributed by atoms with van der Waals surface area (Å²) in [6.45, 7) is 2.66. The van der Waals surface area contributed by atoms with Crippen LogP contribution in [0.2, 0.25) is 0 Å². The number of fused-ring (bicyclic) bond motifs is 2. The molecule has 208 valence electrons. The number of nitrogens with zero attached hydrogens (tertiary/aromatic N) is 2. The Morgan fingerprint density at radius 2 is 1.51 bits per heavy atom. The van der Waals surface area contributed by atoms with Crippen LogP contribution in [0.1, 0.15) is 52.6 Å². The lowest BCUT2D eigenvalue weighted by molar-refractivity contribution is 0.255. The summed E-state index contributed by atoms with van der Waals surface area (Å²) in [5, 5.41) is 1.05. The number of H-pyrrole nitrogens is 1. The molecule has 1 fully saturated rings. The van der Waals surface area contributed by atoms with Gasteiger partial charge >= 0.3 is 0 Å². The Kier molecular flexibility index (Phi) is 6.78. The normalized spacial score (nSPS) is 18.6. The van der Waals surface area contributed by atoms with Crippen molar-refractivity contribution < 1.29 is 8.42 Å². The minimum Gasteiger partial charge on any atom is -0.361 e. The largest absolute Gasteiger partial charge is 0.361 e. The van der Waals surface area contributed by atoms with Crippen LogP contribution in [-0.4, -0.2) is 42.7 Å². The molecule has 5 aromatic rings. The first kappa shape index (κ1) is 26.2. The number of likely N-dealkylation sites (tertiary alicyclic amines) is 1. The van der Waals surface area contributed by atoms with Crippen molar-refractivity contribution >= 4 is 20.9 Å². The lowest BCUT2D eigenvalue weighted by Gasteiger charge is -2.29. The number of nitrogens with one attached hydrogen (secondary N) is 1. The summed E-state index contributed by atoms with van der Waals surface area (Å²) in [5.74, 6) is 0.598. The van der Waals surface area contributed by atoms with Gasteiger partial charge in [-0.1, -0.05) is 84.9 Å². The van der Waals surface area contributed by atoms with Gasteiger partial charge in [0.2, 0.25) is 10.0 Å². The Bertz CT molecular complexity index is 1790. The standard InChI is InChI=1S/C35H35N3O2S/c1-37-19-17-28(18-20-37)26-11-13-27(14-12-26)29-15-16-30-23-38(41(39,40)24-25-7-3-2-4-8-25)35(32(30)21-29)33-22-36-34-10-6-5-9-31(33)34/h2-16,21-22,28,35-36H,17-20,23-24H2,1H3/t35-/m1/s1. The molecule has 0 aliphatic carbocycles. The zero-order valence-corrected chi connectivity index (χ0v) is 24.1. The zero-order chi connectivity index (χ0) is 28.0. The van der Waals surface area contributed by atoms with Crippen molar-refractivity contribution in [2.24, 2.45) is 0 Å². The third-order valence-electron chi connectivity index (χ3n) is 8.95. The van der Waals surface area contributed by atoms with E-state index in [1.807, 2.05) is 54.7 Å². The van der Waals surface area contributed by atoms with Gasteiger partial charge in [0.1, 0.15) is 0 Å². The van der Waals surface area contributed by atoms with E-state index in [-0.39, 0.29) is 5.75 Å². The third-order valence-corrected chi connectivity index (χ3v) is 10.7. The van der Waals surface area contributed by atoms with Gasteiger partial charge in [-0.3, -0.25) is 0 Å². The fraction of sp³-hybridized carbons (Fsp3) is 0.257. The molecule has 2 aliphatic rings. The van der Waals surface area contributed by atoms with E-state index in [1.54, 1.807) is 4.31 Å². The minimum atomic E-state index is -3.61. The van der Waals surface area contributed by atoms with Crippen molar-refractivity contribution in [3.05, 3.63) is 131 Å². The molecule has 41 heavy (non-hydrogen) atoms. The fourth-order valence-corrected chi connectivity index (χ4v) is 8.31. The fourth-order valence-electron chi connectivity index (χ4n) is 6.65. The molecule has 0 amide bonds. The van der Waals surface area contributed by atoms with Gasteiger partial charge < -0.3 is 9.88 Å². The molecule has 0 unspecified atom stereocenters. The number of para-hydroxylation sites is 1. The highest BCUT2D eigenvalue weighted by molar-refractivity contribution is 7.88. The van der Waals surface area contributed by atoms with Crippen molar-refractivity contribution in [3.63, 3.8) is 0 Å². The summed E-state index contributed by atoms with van der Waals surface area (Å²) in [6, 6.07) is 32.7. The molecule has 3 heterocycles. The van der Waals surface area contributed by atoms with Crippen molar-refractivity contribution in [1.29, 1.82) is 0 Å². The summed E-state index contributed by atoms with van der Waals surface area (Å²) in [5.41, 5.74) is 8.61. The molecule has 7 rings (SSSR count). The van der Waals surface area contributed by atoms with Crippen LogP contribution in [-0.2, 0) is 22.3 Å². The maximum Gasteiger partial charge on any atom is 0.219 e. The highest BCUT2D eigenvalue weighted by atomic mass is 32.2. The second kappa shape index (κ2) is 10.6. The molecule has 1 atom stereocenters. The van der Waals surface area contributed by atoms with Crippen LogP contribution in [0.4, 0.5) is 0 Å². The predicted molar refractivity (Wildman–Crippen MR) is 166 cm³/mol. The van der Waals surface area contributed by atoms with Crippen LogP contribution < -0.4 is 0 Å². The lowest BCUT2D eigenvalue weighted by atomic mass is 9.88. The number of rotatable bonds is 6. The van der Waals surface area contributed by atoms with Crippen LogP contribution in [0, 0.1) is 0 Å². The quantitative estimate of drug-likeness (QED) is 0.241. The summed E-state index contributed by atoms with van der Waals surface area (Å²) in [6.07, 6.45) is 4.39. The first-order chi connectivity index (χ1) is 20.0. The first-order valence-corrected chi connectivity index (χ1v) is 16.1. The molecule has 1 aromatic heterocycles. The average molecular weight is 562 g/mol. The van der Waals surface area contributed by atoms with Crippen LogP contribution in [0.15, 0.2) is 103 Å². The van der Waals surface area contributed by atoms with E-state index >= 15 is 0 Å². The van der Waals surface area contributed by atoms with Crippen LogP contribution in [0.3, 0.4) is 0 Å². The maximum atomic E-state index is 14.0. The summed E-state index contributed by atoms with van der Waals surface area (Å²) in [7, 11) is -1.41. The number of hydrogen-bond acceptors (Lipinski definition) is 3. The van der Waals surface area contributed by atoms with Gasteiger partial charge in [-0.05, 0) is 84.4 Å². The van der Waals surface area contributed by atoms with Gasteiger partial charge in [0.15, 0.2) is 0 Å². The number of piperidine rings is 1. The van der Waals surface area contributed by atoms with Crippen molar-refractivity contribution in [1.82, 2.24) is 14.2 Å². The van der Waals surface area contributed by atoms with Crippen molar-refractivity contribution in [2.45, 2.75) is 37.1 Å². The molecule has 1 saturated heterocycles. The van der Waals surface area contributed by atoms with Crippen LogP contribution in [0.5, 0.6) is 0 Å². The van der Waals surface area contributed by atoms with Crippen LogP contribution in [0.25, 0.3) is 22.0 Å². The number of aromatic nitrogens is 1. The predicted octanol–water partition coefficient (Wildman–Crippen LogP) is 7.08. The molecule has 4 aromatic carbocycles. The van der Waals surface area contributed by atoms with Gasteiger partial charge in [-0.25, -0.2) is 8.42 Å². The molecule has 0 radical (unpaired) electrons. The summed E-state index contributed by atoms with van der Waals surface area (Å²) < 4.78 is 29.7. The number of hydrogen-bond donors (Lipinski definition) is 1. The van der Waals surface area contributed by atoms with Gasteiger partial charge in [0, 0.05) is 29.2 Å². The molecule has 0 saturated carbocycles. The molecule has 0 bridgehead atoms. The number of aromatic amines is 1. The Balaban J connectivity index is 1.26. The summed E-state index contributed by atoms with van der Waals surface area (Å²) >= 11 is 0. The highest BCUT2D eigenvalue weighted by Gasteiger charge is 2.40. The van der Waals surface area contributed by atoms with Crippen molar-refractivity contribution in [2.75, 3.05) is 20.1 Å². The molecular weight excluding hydrogens is 526 g/mol. The second-order valence-corrected chi connectivity index (χ2v) is 13.5. The van der Waals surface area contributed by atoms with E-state index in [1.165, 1.54) is 18.4 Å². The van der Waals surface area contributed by atoms with Gasteiger partial charge in [0.05, 0.1) is 11.8 Å². The monoisotopic (exact) mass is 561 g/mol. The zero-order valence-electron chi connectivity index (χ0n) is 23.3. The van der Waals surface area contributed by atoms with Gasteiger partial charge in [0.25, 0.3) is 0 Å². The van der Waals surface area contributed by atoms with E-state index in [0.717, 1.165) is 57.4 Å². The van der Waals surface area contributed by atoms with Gasteiger partial charge in [-0.15, -0.1) is 0 Å². The van der Waals surface area contributed by atoms with E-state index in [2.05, 4.69) is 65.5 Å². The molecular formula is C35H35N3O2S. The molecule has 2 aliphatic heterocycles. The van der Waals surface area contributed by atoms with Crippen LogP contribution >= 0.6 is 0 Å². The Morgan fingerprint density at radius 1 is 0.805 bits per heavy atom. The first-order valence-electron chi connectivity index (χ1n) is 14.5. The topological polar surface area (TPSA) is 56.4 Å².